The molecule has 0 heterocycles. The molecule has 50 valence electrons. The van der Waals surface area contributed by atoms with Crippen LogP contribution in [0.15, 0.2) is 10.3 Å². The standard InChI is InChI=1S/C4H8N2O2.Mg.2H/c1-4(3-5-7)6-8-2;;;/h3,7H,1-2H3;;;. The van der Waals surface area contributed by atoms with E-state index < -0.39 is 0 Å². The van der Waals surface area contributed by atoms with Crippen LogP contribution in [0.4, 0.5) is 0 Å². The van der Waals surface area contributed by atoms with Crippen LogP contribution in [0.1, 0.15) is 6.92 Å². The Labute approximate surface area is 69.7 Å². The molecule has 0 aromatic rings. The Morgan fingerprint density at radius 1 is 1.67 bits per heavy atom. The van der Waals surface area contributed by atoms with Crippen LogP contribution in [0.2, 0.25) is 0 Å². The summed E-state index contributed by atoms with van der Waals surface area (Å²) in [6.07, 6.45) is 1.18. The third kappa shape index (κ3) is 7.71. The van der Waals surface area contributed by atoms with E-state index >= 15 is 0 Å². The molecule has 0 rings (SSSR count). The van der Waals surface area contributed by atoms with Gasteiger partial charge in [0, 0.05) is 0 Å². The normalized spacial score (nSPS) is 11.1. The predicted molar refractivity (Wildman–Crippen MR) is 38.9 cm³/mol. The zero-order valence-electron chi connectivity index (χ0n) is 4.83. The molecule has 0 aromatic carbocycles. The number of hydrogen-bond acceptors (Lipinski definition) is 4. The molecule has 0 aliphatic heterocycles. The number of hydrogen-bond donors (Lipinski definition) is 1. The second kappa shape index (κ2) is 7.71. The van der Waals surface area contributed by atoms with Gasteiger partial charge in [0.2, 0.25) is 0 Å². The molecule has 0 aromatic heterocycles. The summed E-state index contributed by atoms with van der Waals surface area (Å²) in [6.45, 7) is 1.66. The fourth-order valence-electron chi connectivity index (χ4n) is 0.251. The predicted octanol–water partition coefficient (Wildman–Crippen LogP) is -0.447. The topological polar surface area (TPSA) is 54.2 Å². The molecule has 0 radical (unpaired) electrons. The van der Waals surface area contributed by atoms with Crippen molar-refractivity contribution in [2.75, 3.05) is 7.11 Å². The Morgan fingerprint density at radius 2 is 2.22 bits per heavy atom. The lowest BCUT2D eigenvalue weighted by molar-refractivity contribution is 0.214. The van der Waals surface area contributed by atoms with Crippen molar-refractivity contribution in [2.24, 2.45) is 10.3 Å². The highest BCUT2D eigenvalue weighted by Crippen LogP contribution is 1.71. The van der Waals surface area contributed by atoms with E-state index in [1.165, 1.54) is 13.3 Å². The third-order valence-electron chi connectivity index (χ3n) is 0.480. The lowest BCUT2D eigenvalue weighted by Crippen LogP contribution is -1.91. The molecule has 5 heteroatoms. The molecular formula is C4H10MgN2O2. The minimum Gasteiger partial charge on any atom is -0.411 e. The van der Waals surface area contributed by atoms with Gasteiger partial charge in [0.15, 0.2) is 0 Å². The molecule has 0 atom stereocenters. The maximum atomic E-state index is 7.90. The average Bonchev–Trinajstić information content (AvgIpc) is 1.68. The fraction of sp³-hybridized carbons (Fsp3) is 0.500. The van der Waals surface area contributed by atoms with Crippen LogP contribution in [0, 0.1) is 0 Å². The van der Waals surface area contributed by atoms with Crippen LogP contribution >= 0.6 is 0 Å². The van der Waals surface area contributed by atoms with Gasteiger partial charge in [0.1, 0.15) is 7.11 Å². The zero-order valence-corrected chi connectivity index (χ0v) is 4.83. The summed E-state index contributed by atoms with van der Waals surface area (Å²) in [7, 11) is 1.43. The molecule has 0 saturated heterocycles. The first-order chi connectivity index (χ1) is 3.81. The lowest BCUT2D eigenvalue weighted by atomic mass is 10.5. The third-order valence-corrected chi connectivity index (χ3v) is 0.480. The molecule has 4 nitrogen and oxygen atoms in total. The van der Waals surface area contributed by atoms with Gasteiger partial charge in [0.05, 0.1) is 11.9 Å². The maximum absolute atomic E-state index is 7.90. The van der Waals surface area contributed by atoms with Gasteiger partial charge in [-0.1, -0.05) is 10.3 Å². The number of oxime groups is 2. The van der Waals surface area contributed by atoms with Gasteiger partial charge in [-0.2, -0.15) is 0 Å². The average molecular weight is 142 g/mol. The minimum atomic E-state index is 0. The highest BCUT2D eigenvalue weighted by molar-refractivity contribution is 6.29. The van der Waals surface area contributed by atoms with E-state index in [1.54, 1.807) is 6.92 Å². The molecule has 0 bridgehead atoms. The summed E-state index contributed by atoms with van der Waals surface area (Å²) >= 11 is 0. The lowest BCUT2D eigenvalue weighted by Gasteiger charge is -1.85. The molecule has 1 N–H and O–H groups in total. The molecule has 0 aliphatic rings. The van der Waals surface area contributed by atoms with Gasteiger partial charge in [0.25, 0.3) is 0 Å². The van der Waals surface area contributed by atoms with Crippen LogP contribution in [-0.2, 0) is 4.84 Å². The second-order valence-corrected chi connectivity index (χ2v) is 1.16. The molecule has 0 spiro atoms. The van der Waals surface area contributed by atoms with E-state index in [9.17, 15) is 0 Å². The van der Waals surface area contributed by atoms with Gasteiger partial charge >= 0.3 is 23.1 Å². The largest absolute Gasteiger partial charge is 0.411 e. The van der Waals surface area contributed by atoms with Crippen LogP contribution in [-0.4, -0.2) is 47.3 Å². The van der Waals surface area contributed by atoms with Crippen LogP contribution in [0.5, 0.6) is 0 Å². The molecular weight excluding hydrogens is 132 g/mol. The molecule has 9 heavy (non-hydrogen) atoms. The highest BCUT2D eigenvalue weighted by atomic mass is 24.3. The number of nitrogens with zero attached hydrogens (tertiary/aromatic N) is 2. The summed E-state index contributed by atoms with van der Waals surface area (Å²) in [5.74, 6) is 0. The highest BCUT2D eigenvalue weighted by Gasteiger charge is 1.79. The summed E-state index contributed by atoms with van der Waals surface area (Å²) < 4.78 is 0. The van der Waals surface area contributed by atoms with Crippen LogP contribution < -0.4 is 0 Å². The van der Waals surface area contributed by atoms with Gasteiger partial charge < -0.3 is 10.0 Å². The van der Waals surface area contributed by atoms with Gasteiger partial charge in [-0.25, -0.2) is 0 Å². The Kier molecular flexibility index (Phi) is 9.84. The van der Waals surface area contributed by atoms with E-state index in [0.29, 0.717) is 5.71 Å². The molecule has 0 amide bonds. The van der Waals surface area contributed by atoms with Crippen molar-refractivity contribution in [1.82, 2.24) is 0 Å². The van der Waals surface area contributed by atoms with Gasteiger partial charge in [-0.3, -0.25) is 0 Å². The Hall–Kier alpha value is -0.294. The van der Waals surface area contributed by atoms with E-state index in [4.69, 9.17) is 5.21 Å². The van der Waals surface area contributed by atoms with Crippen molar-refractivity contribution in [3.8, 4) is 0 Å². The molecule has 0 unspecified atom stereocenters. The van der Waals surface area contributed by atoms with Crippen LogP contribution in [0.3, 0.4) is 0 Å². The first kappa shape index (κ1) is 11.5. The quantitative estimate of drug-likeness (QED) is 0.246. The number of rotatable bonds is 2. The molecule has 0 saturated carbocycles. The SMILES string of the molecule is CON=C(C)C=NO.[MgH2]. The van der Waals surface area contributed by atoms with E-state index in [1.807, 2.05) is 0 Å². The first-order valence-electron chi connectivity index (χ1n) is 2.06. The molecule has 0 fully saturated rings. The Morgan fingerprint density at radius 3 is 2.56 bits per heavy atom. The minimum absolute atomic E-state index is 0. The van der Waals surface area contributed by atoms with Gasteiger partial charge in [-0.15, -0.1) is 0 Å². The van der Waals surface area contributed by atoms with Crippen molar-refractivity contribution >= 4 is 35.0 Å². The Balaban J connectivity index is 0. The van der Waals surface area contributed by atoms with Gasteiger partial charge in [-0.05, 0) is 6.92 Å². The Bertz CT molecular complexity index is 113. The summed E-state index contributed by atoms with van der Waals surface area (Å²) in [5.41, 5.74) is 0.523. The summed E-state index contributed by atoms with van der Waals surface area (Å²) in [4.78, 5) is 4.34. The monoisotopic (exact) mass is 142 g/mol. The van der Waals surface area contributed by atoms with E-state index in [2.05, 4.69) is 15.1 Å². The van der Waals surface area contributed by atoms with Crippen LogP contribution in [0.25, 0.3) is 0 Å². The van der Waals surface area contributed by atoms with Crippen molar-refractivity contribution in [1.29, 1.82) is 0 Å². The smallest absolute Gasteiger partial charge is 0.316 e. The zero-order chi connectivity index (χ0) is 6.41. The summed E-state index contributed by atoms with van der Waals surface area (Å²) in [5, 5.41) is 14.0. The van der Waals surface area contributed by atoms with Crippen molar-refractivity contribution in [2.45, 2.75) is 6.92 Å². The molecule has 0 aliphatic carbocycles. The van der Waals surface area contributed by atoms with Crippen molar-refractivity contribution in [3.63, 3.8) is 0 Å². The van der Waals surface area contributed by atoms with Crippen molar-refractivity contribution in [3.05, 3.63) is 0 Å². The second-order valence-electron chi connectivity index (χ2n) is 1.16. The summed E-state index contributed by atoms with van der Waals surface area (Å²) in [6, 6.07) is 0. The van der Waals surface area contributed by atoms with E-state index in [-0.39, 0.29) is 23.1 Å². The van der Waals surface area contributed by atoms with Crippen molar-refractivity contribution < 1.29 is 10.0 Å². The van der Waals surface area contributed by atoms with E-state index in [0.717, 1.165) is 0 Å². The fourth-order valence-corrected chi connectivity index (χ4v) is 0.251. The first-order valence-corrected chi connectivity index (χ1v) is 2.06. The maximum Gasteiger partial charge on any atom is 0.316 e.